The number of aromatic nitrogens is 12. The van der Waals surface area contributed by atoms with E-state index >= 15 is 0 Å². The number of nitrogens with two attached hydrogens (primary N) is 1. The summed E-state index contributed by atoms with van der Waals surface area (Å²) in [5.74, 6) is -2.18. The second-order valence-electron chi connectivity index (χ2n) is 32.9. The van der Waals surface area contributed by atoms with Crippen LogP contribution in [0.4, 0.5) is 8.78 Å². The third-order valence-electron chi connectivity index (χ3n) is 23.5. The molecule has 4 aliphatic heterocycles. The molecule has 9 N–H and O–H groups in total. The normalized spacial score (nSPS) is 17.6. The van der Waals surface area contributed by atoms with Crippen molar-refractivity contribution in [1.29, 1.82) is 0 Å². The third-order valence-corrected chi connectivity index (χ3v) is 23.5. The highest BCUT2D eigenvalue weighted by Gasteiger charge is 2.39. The molecule has 4 aromatic heterocycles. The second kappa shape index (κ2) is 50.5. The largest absolute Gasteiger partial charge is 0.481 e. The Morgan fingerprint density at radius 1 is 0.412 bits per heavy atom. The Morgan fingerprint density at radius 3 is 0.977 bits per heavy atom. The summed E-state index contributed by atoms with van der Waals surface area (Å²) < 4.78 is 37.8. The van der Waals surface area contributed by atoms with E-state index in [9.17, 15) is 56.7 Å². The van der Waals surface area contributed by atoms with E-state index in [2.05, 4.69) is 67.8 Å². The van der Waals surface area contributed by atoms with Gasteiger partial charge in [0.25, 0.3) is 23.6 Å². The molecular weight excluding hydrogens is 1680 g/mol. The summed E-state index contributed by atoms with van der Waals surface area (Å²) in [7, 11) is 1.25. The number of rotatable bonds is 32. The molecule has 694 valence electrons. The first kappa shape index (κ1) is 96.6. The first-order chi connectivity index (χ1) is 64.3. The van der Waals surface area contributed by atoms with Crippen molar-refractivity contribution in [3.63, 3.8) is 0 Å². The van der Waals surface area contributed by atoms with Gasteiger partial charge in [0.15, 0.2) is 0 Å². The average Bonchev–Trinajstić information content (AvgIpc) is 1.68. The zero-order valence-corrected chi connectivity index (χ0v) is 73.8. The molecule has 0 spiro atoms. The average molecular weight is 1800 g/mol. The standard InChI is InChI=1S/C28H33FN6O2.C19H23N5O4.C19H25N5O3.C19H23N5O3.C9H10FN.CH4/c29-22-10-6-20(7-11-22)24-19-26(24)30-14-4-5-25(28(37)34-16-2-1-3-17-34)32-27(36)21-8-12-23(13-9-21)35-18-15-31-33-35;25-17(26)9-8-16(19(28)23-11-2-1-3-12-23)21-18(27)14-4-6-15(7-5-14)24-13-10-20-22-24;2*25-14-4-5-17(19(27)23-11-2-1-3-12-23)21-18(26)15-6-8-16(9-7-15)24-13-10-20-22-24;10-7-3-1-6(2-4-7)8-5-9(8)11;/h6-13,15,18,24-26,30H,1-5,14,16-17,19H2,(H,32,36);4-7,10,13,16H,1-3,8-9,11-12H2,(H,21,27)(H,25,26);6-10,13,17,25H,1-5,11-12,14H2,(H,21,26);6-10,13-14,17H,1-5,11-12H2,(H,21,26);1-4,8-9H,5,11H2;1H4/t24-,25-,26+;16-;2*17-;8-,9+;/m00000./s1/i;;;;;1D. The minimum Gasteiger partial charge on any atom is -0.481 e. The number of carboxylic acids is 1. The number of aldehydes is 1. The molecule has 36 heteroatoms. The van der Waals surface area contributed by atoms with Crippen molar-refractivity contribution in [1.82, 2.24) is 106 Å². The van der Waals surface area contributed by atoms with Crippen molar-refractivity contribution in [3.8, 4) is 22.7 Å². The fourth-order valence-corrected chi connectivity index (χ4v) is 16.0. The molecule has 6 aromatic carbocycles. The maximum atomic E-state index is 13.3. The van der Waals surface area contributed by atoms with Gasteiger partial charge >= 0.3 is 5.97 Å². The summed E-state index contributed by atoms with van der Waals surface area (Å²) >= 11 is 0. The Kier molecular flexibility index (Phi) is 37.2. The Hall–Kier alpha value is -13.5. The van der Waals surface area contributed by atoms with E-state index in [4.69, 9.17) is 17.3 Å². The molecule has 8 atom stereocenters. The molecule has 8 amide bonds. The van der Waals surface area contributed by atoms with Crippen LogP contribution in [0.2, 0.25) is 0 Å². The number of hydrogen-bond donors (Lipinski definition) is 8. The topological polar surface area (TPSA) is 433 Å². The number of carbonyl (C=O) groups is 10. The van der Waals surface area contributed by atoms with E-state index < -0.39 is 36.0 Å². The highest BCUT2D eigenvalue weighted by Crippen LogP contribution is 2.41. The molecule has 0 bridgehead atoms. The Bertz CT molecular complexity index is 5220. The summed E-state index contributed by atoms with van der Waals surface area (Å²) in [6.07, 6.45) is 30.9. The fourth-order valence-electron chi connectivity index (χ4n) is 16.0. The number of halogens is 2. The number of benzene rings is 6. The lowest BCUT2D eigenvalue weighted by atomic mass is 10.1. The lowest BCUT2D eigenvalue weighted by molar-refractivity contribution is -0.138. The highest BCUT2D eigenvalue weighted by molar-refractivity contribution is 6.00. The number of piperidine rings is 4. The zero-order valence-electron chi connectivity index (χ0n) is 74.8. The third kappa shape index (κ3) is 29.8. The quantitative estimate of drug-likeness (QED) is 0.0144. The van der Waals surface area contributed by atoms with Gasteiger partial charge in [0.05, 0.1) is 72.3 Å². The molecular formula is C95H118F2N22O12. The van der Waals surface area contributed by atoms with Crippen molar-refractivity contribution >= 4 is 59.5 Å². The molecule has 0 radical (unpaired) electrons. The van der Waals surface area contributed by atoms with Crippen LogP contribution in [0.1, 0.15) is 214 Å². The molecule has 2 saturated carbocycles. The van der Waals surface area contributed by atoms with E-state index in [1.165, 1.54) is 37.2 Å². The molecule has 6 fully saturated rings. The first-order valence-corrected chi connectivity index (χ1v) is 44.8. The Morgan fingerprint density at radius 2 is 0.702 bits per heavy atom. The van der Waals surface area contributed by atoms with Crippen molar-refractivity contribution in [2.75, 3.05) is 65.5 Å². The first-order valence-electron chi connectivity index (χ1n) is 45.8. The zero-order chi connectivity index (χ0) is 93.5. The minimum absolute atomic E-state index is 0.00268. The van der Waals surface area contributed by atoms with Crippen molar-refractivity contribution < 1.29 is 68.3 Å². The summed E-state index contributed by atoms with van der Waals surface area (Å²) in [4.78, 5) is 131. The molecule has 0 unspecified atom stereocenters. The number of carboxylic acid groups (broad SMARTS) is 1. The predicted molar refractivity (Wildman–Crippen MR) is 484 cm³/mol. The van der Waals surface area contributed by atoms with Crippen molar-refractivity contribution in [2.45, 2.75) is 197 Å². The van der Waals surface area contributed by atoms with Gasteiger partial charge in [-0.1, -0.05) is 52.5 Å². The van der Waals surface area contributed by atoms with E-state index in [0.29, 0.717) is 98.0 Å². The van der Waals surface area contributed by atoms with E-state index in [-0.39, 0.29) is 78.9 Å². The molecule has 8 heterocycles. The summed E-state index contributed by atoms with van der Waals surface area (Å²) in [6, 6.07) is 38.9. The van der Waals surface area contributed by atoms with E-state index in [1.54, 1.807) is 163 Å². The monoisotopic (exact) mass is 1800 g/mol. The molecule has 131 heavy (non-hydrogen) atoms. The molecule has 16 rings (SSSR count). The maximum Gasteiger partial charge on any atom is 0.303 e. The van der Waals surface area contributed by atoms with Gasteiger partial charge in [0.1, 0.15) is 42.1 Å². The number of nitrogens with one attached hydrogen (secondary N) is 5. The van der Waals surface area contributed by atoms with Crippen LogP contribution >= 0.6 is 0 Å². The van der Waals surface area contributed by atoms with Crippen LogP contribution < -0.4 is 32.3 Å². The Labute approximate surface area is 761 Å². The highest BCUT2D eigenvalue weighted by atomic mass is 19.1. The lowest BCUT2D eigenvalue weighted by Gasteiger charge is -2.31. The molecule has 34 nitrogen and oxygen atoms in total. The van der Waals surface area contributed by atoms with Crippen LogP contribution in [0, 0.1) is 11.6 Å². The number of hydrogen-bond acceptors (Lipinski definition) is 21. The number of aliphatic carboxylic acids is 1. The van der Waals surface area contributed by atoms with Gasteiger partial charge in [-0.3, -0.25) is 43.2 Å². The lowest BCUT2D eigenvalue weighted by Crippen LogP contribution is -2.50. The molecule has 4 saturated heterocycles. The van der Waals surface area contributed by atoms with Crippen LogP contribution in [-0.4, -0.2) is 251 Å². The number of nitrogens with zero attached hydrogens (tertiary/aromatic N) is 16. The number of carbonyl (C=O) groups excluding carboxylic acids is 9. The van der Waals surface area contributed by atoms with Gasteiger partial charge in [0.2, 0.25) is 23.6 Å². The number of amides is 8. The SMILES string of the molecule is N[C@@H]1C[C@H]1c1ccc(F)cc1.O=C(N[C@@H](CCCN[C@@H]1C[C@H]1c1ccc(F)cc1)C(=O)N1CCCCC1)c1ccc(-n2ccnn2)cc1.O=C(N[C@@H](CCCO)C(=O)N1CCCCC1)c1ccc(-n2ccnn2)cc1.O=C(O)CC[C@H](NC(=O)c1ccc(-n2ccnn2)cc1)C(=O)N1CCCCC1.O=CCC[C@H](NC(=O)c1ccc(-n2ccnn2)cc1)C(=O)N1CCCCC1.[2H]C. The Balaban J connectivity index is 0.000000163. The van der Waals surface area contributed by atoms with Gasteiger partial charge in [-0.2, -0.15) is 0 Å². The van der Waals surface area contributed by atoms with Gasteiger partial charge in [0, 0.05) is 119 Å². The molecule has 10 aromatic rings. The predicted octanol–water partition coefficient (Wildman–Crippen LogP) is 9.47. The van der Waals surface area contributed by atoms with E-state index in [1.807, 2.05) is 46.2 Å². The number of likely N-dealkylation sites (tertiary alicyclic amines) is 4. The summed E-state index contributed by atoms with van der Waals surface area (Å²) in [5.41, 5.74) is 12.9. The smallest absolute Gasteiger partial charge is 0.303 e. The number of aliphatic hydroxyl groups excluding tert-OH is 1. The van der Waals surface area contributed by atoms with Crippen molar-refractivity contribution in [3.05, 3.63) is 240 Å². The summed E-state index contributed by atoms with van der Waals surface area (Å²) in [5, 5.41) is 63.7. The summed E-state index contributed by atoms with van der Waals surface area (Å²) in [6.45, 7) is 6.41. The molecule has 6 aliphatic rings. The van der Waals surface area contributed by atoms with Gasteiger partial charge in [-0.15, -0.1) is 20.4 Å². The maximum absolute atomic E-state index is 13.3. The fraction of sp³-hybridized carbons (Fsp3) is 0.432. The van der Waals surface area contributed by atoms with Crippen LogP contribution in [0.3, 0.4) is 0 Å². The van der Waals surface area contributed by atoms with Crippen LogP contribution in [0.15, 0.2) is 195 Å². The van der Waals surface area contributed by atoms with Crippen LogP contribution in [0.5, 0.6) is 0 Å². The number of aliphatic hydroxyl groups is 1. The minimum atomic E-state index is -0.997. The van der Waals surface area contributed by atoms with Crippen LogP contribution in [0.25, 0.3) is 22.7 Å². The molecule has 2 aliphatic carbocycles. The second-order valence-corrected chi connectivity index (χ2v) is 32.9. The van der Waals surface area contributed by atoms with E-state index in [0.717, 1.165) is 164 Å². The van der Waals surface area contributed by atoms with Crippen molar-refractivity contribution in [2.24, 2.45) is 5.73 Å². The van der Waals surface area contributed by atoms with Gasteiger partial charge < -0.3 is 66.9 Å². The van der Waals surface area contributed by atoms with Gasteiger partial charge in [-0.25, -0.2) is 27.5 Å². The van der Waals surface area contributed by atoms with Gasteiger partial charge in [-0.05, 0) is 267 Å². The van der Waals surface area contributed by atoms with Crippen LogP contribution in [-0.2, 0) is 28.8 Å².